The molecule has 1 atom stereocenters. The number of hydrogen-bond acceptors (Lipinski definition) is 4. The molecule has 1 N–H and O–H groups in total. The molecule has 4 heteroatoms. The second-order valence-electron chi connectivity index (χ2n) is 5.59. The Hall–Kier alpha value is -0.160. The fourth-order valence-electron chi connectivity index (χ4n) is 3.32. The fourth-order valence-corrected chi connectivity index (χ4v) is 3.32. The van der Waals surface area contributed by atoms with Crippen molar-refractivity contribution >= 4 is 0 Å². The summed E-state index contributed by atoms with van der Waals surface area (Å²) in [5.74, 6) is 0. The molecule has 0 bridgehead atoms. The lowest BCUT2D eigenvalue weighted by Crippen LogP contribution is -2.64. The smallest absolute Gasteiger partial charge is 0.0480 e. The van der Waals surface area contributed by atoms with Crippen LogP contribution in [-0.2, 0) is 4.74 Å². The van der Waals surface area contributed by atoms with Gasteiger partial charge < -0.3 is 10.1 Å². The SMILES string of the molecule is C1COCCC(N2CC(N3CCNCC3)C2)C1. The van der Waals surface area contributed by atoms with Gasteiger partial charge in [-0.2, -0.15) is 0 Å². The number of ether oxygens (including phenoxy) is 1. The Labute approximate surface area is 104 Å². The van der Waals surface area contributed by atoms with E-state index in [0.29, 0.717) is 0 Å². The van der Waals surface area contributed by atoms with Crippen molar-refractivity contribution in [2.45, 2.75) is 31.3 Å². The molecule has 3 heterocycles. The Bertz CT molecular complexity index is 229. The molecular weight excluding hydrogens is 214 g/mol. The number of nitrogens with zero attached hydrogens (tertiary/aromatic N) is 2. The van der Waals surface area contributed by atoms with Crippen LogP contribution < -0.4 is 5.32 Å². The van der Waals surface area contributed by atoms with Crippen LogP contribution in [-0.4, -0.2) is 74.4 Å². The first-order valence-corrected chi connectivity index (χ1v) is 7.20. The maximum atomic E-state index is 5.54. The van der Waals surface area contributed by atoms with E-state index in [1.807, 2.05) is 0 Å². The van der Waals surface area contributed by atoms with Crippen LogP contribution >= 0.6 is 0 Å². The first kappa shape index (κ1) is 11.9. The van der Waals surface area contributed by atoms with Gasteiger partial charge in [-0.05, 0) is 19.3 Å². The normalized spacial score (nSPS) is 34.2. The second kappa shape index (κ2) is 5.65. The Morgan fingerprint density at radius 3 is 2.53 bits per heavy atom. The van der Waals surface area contributed by atoms with E-state index < -0.39 is 0 Å². The number of hydrogen-bond donors (Lipinski definition) is 1. The molecule has 4 nitrogen and oxygen atoms in total. The zero-order valence-corrected chi connectivity index (χ0v) is 10.7. The maximum absolute atomic E-state index is 5.54. The summed E-state index contributed by atoms with van der Waals surface area (Å²) in [7, 11) is 0. The van der Waals surface area contributed by atoms with Crippen LogP contribution in [0.2, 0.25) is 0 Å². The van der Waals surface area contributed by atoms with Gasteiger partial charge in [-0.25, -0.2) is 0 Å². The van der Waals surface area contributed by atoms with Crippen LogP contribution in [0.25, 0.3) is 0 Å². The molecule has 0 aromatic rings. The Kier molecular flexibility index (Phi) is 3.96. The van der Waals surface area contributed by atoms with Crippen molar-refractivity contribution in [2.24, 2.45) is 0 Å². The minimum atomic E-state index is 0.802. The molecule has 3 fully saturated rings. The van der Waals surface area contributed by atoms with E-state index in [0.717, 1.165) is 25.3 Å². The van der Waals surface area contributed by atoms with Gasteiger partial charge in [0, 0.05) is 64.6 Å². The van der Waals surface area contributed by atoms with Crippen LogP contribution in [0, 0.1) is 0 Å². The quantitative estimate of drug-likeness (QED) is 0.742. The Morgan fingerprint density at radius 1 is 0.882 bits per heavy atom. The predicted octanol–water partition coefficient (Wildman–Crippen LogP) is 0.145. The summed E-state index contributed by atoms with van der Waals surface area (Å²) < 4.78 is 5.54. The van der Waals surface area contributed by atoms with Crippen LogP contribution in [0.1, 0.15) is 19.3 Å². The summed E-state index contributed by atoms with van der Waals surface area (Å²) in [6.07, 6.45) is 3.84. The Morgan fingerprint density at radius 2 is 1.71 bits per heavy atom. The highest BCUT2D eigenvalue weighted by Crippen LogP contribution is 2.23. The standard InChI is InChI=1S/C13H25N3O/c1-2-12(3-9-17-8-1)16-10-13(11-16)15-6-4-14-5-7-15/h12-14H,1-11H2. The zero-order valence-electron chi connectivity index (χ0n) is 10.7. The molecule has 0 saturated carbocycles. The molecule has 0 aromatic heterocycles. The highest BCUT2D eigenvalue weighted by atomic mass is 16.5. The van der Waals surface area contributed by atoms with Crippen LogP contribution in [0.15, 0.2) is 0 Å². The zero-order chi connectivity index (χ0) is 11.5. The molecule has 0 aliphatic carbocycles. The average molecular weight is 239 g/mol. The number of nitrogens with one attached hydrogen (secondary N) is 1. The van der Waals surface area contributed by atoms with Gasteiger partial charge in [0.2, 0.25) is 0 Å². The topological polar surface area (TPSA) is 27.7 Å². The average Bonchev–Trinajstić information content (AvgIpc) is 2.58. The predicted molar refractivity (Wildman–Crippen MR) is 68.3 cm³/mol. The maximum Gasteiger partial charge on any atom is 0.0480 e. The van der Waals surface area contributed by atoms with E-state index in [-0.39, 0.29) is 0 Å². The number of likely N-dealkylation sites (tertiary alicyclic amines) is 1. The summed E-state index contributed by atoms with van der Waals surface area (Å²) in [4.78, 5) is 5.35. The van der Waals surface area contributed by atoms with Gasteiger partial charge >= 0.3 is 0 Å². The van der Waals surface area contributed by atoms with Crippen LogP contribution in [0.5, 0.6) is 0 Å². The molecule has 0 amide bonds. The molecule has 0 radical (unpaired) electrons. The van der Waals surface area contributed by atoms with Gasteiger partial charge in [-0.15, -0.1) is 0 Å². The molecule has 3 saturated heterocycles. The first-order valence-electron chi connectivity index (χ1n) is 7.20. The molecule has 0 aromatic carbocycles. The first-order chi connectivity index (χ1) is 8.43. The third-order valence-electron chi connectivity index (χ3n) is 4.50. The van der Waals surface area contributed by atoms with Crippen molar-refractivity contribution in [1.29, 1.82) is 0 Å². The van der Waals surface area contributed by atoms with Crippen molar-refractivity contribution in [2.75, 3.05) is 52.5 Å². The van der Waals surface area contributed by atoms with E-state index in [1.165, 1.54) is 58.5 Å². The monoisotopic (exact) mass is 239 g/mol. The molecule has 3 aliphatic rings. The van der Waals surface area contributed by atoms with E-state index >= 15 is 0 Å². The molecule has 1 unspecified atom stereocenters. The summed E-state index contributed by atoms with van der Waals surface area (Å²) in [6, 6.07) is 1.64. The molecule has 98 valence electrons. The minimum Gasteiger partial charge on any atom is -0.381 e. The van der Waals surface area contributed by atoms with Gasteiger partial charge in [0.25, 0.3) is 0 Å². The third-order valence-corrected chi connectivity index (χ3v) is 4.50. The largest absolute Gasteiger partial charge is 0.381 e. The third kappa shape index (κ3) is 2.81. The van der Waals surface area contributed by atoms with Gasteiger partial charge in [-0.3, -0.25) is 9.80 Å². The van der Waals surface area contributed by atoms with Crippen LogP contribution in [0.4, 0.5) is 0 Å². The lowest BCUT2D eigenvalue weighted by atomic mass is 9.98. The van der Waals surface area contributed by atoms with E-state index in [9.17, 15) is 0 Å². The van der Waals surface area contributed by atoms with Gasteiger partial charge in [0.1, 0.15) is 0 Å². The number of rotatable bonds is 2. The molecule has 17 heavy (non-hydrogen) atoms. The van der Waals surface area contributed by atoms with Gasteiger partial charge in [0.15, 0.2) is 0 Å². The van der Waals surface area contributed by atoms with Crippen molar-refractivity contribution in [3.63, 3.8) is 0 Å². The van der Waals surface area contributed by atoms with E-state index in [1.54, 1.807) is 0 Å². The molecule has 3 aliphatic heterocycles. The second-order valence-corrected chi connectivity index (χ2v) is 5.59. The van der Waals surface area contributed by atoms with Crippen LogP contribution in [0.3, 0.4) is 0 Å². The number of piperazine rings is 1. The molecule has 0 spiro atoms. The van der Waals surface area contributed by atoms with Gasteiger partial charge in [0.05, 0.1) is 0 Å². The van der Waals surface area contributed by atoms with Gasteiger partial charge in [-0.1, -0.05) is 0 Å². The summed E-state index contributed by atoms with van der Waals surface area (Å²) in [6.45, 7) is 9.38. The lowest BCUT2D eigenvalue weighted by molar-refractivity contribution is -0.00568. The summed E-state index contributed by atoms with van der Waals surface area (Å²) >= 11 is 0. The fraction of sp³-hybridized carbons (Fsp3) is 1.00. The van der Waals surface area contributed by atoms with E-state index in [2.05, 4.69) is 15.1 Å². The minimum absolute atomic E-state index is 0.802. The highest BCUT2D eigenvalue weighted by molar-refractivity contribution is 4.93. The van der Waals surface area contributed by atoms with Crippen molar-refractivity contribution in [3.8, 4) is 0 Å². The molecular formula is C13H25N3O. The Balaban J connectivity index is 1.43. The van der Waals surface area contributed by atoms with Crippen molar-refractivity contribution < 1.29 is 4.74 Å². The summed E-state index contributed by atoms with van der Waals surface area (Å²) in [5, 5.41) is 3.43. The molecule has 3 rings (SSSR count). The highest BCUT2D eigenvalue weighted by Gasteiger charge is 2.36. The van der Waals surface area contributed by atoms with Crippen molar-refractivity contribution in [3.05, 3.63) is 0 Å². The lowest BCUT2D eigenvalue weighted by Gasteiger charge is -2.49. The van der Waals surface area contributed by atoms with E-state index in [4.69, 9.17) is 4.74 Å². The van der Waals surface area contributed by atoms with Crippen molar-refractivity contribution in [1.82, 2.24) is 15.1 Å². The summed E-state index contributed by atoms with van der Waals surface area (Å²) in [5.41, 5.74) is 0.